The minimum atomic E-state index is 0.532. The number of likely N-dealkylation sites (tertiary alicyclic amines) is 1. The number of hydrogen-bond donors (Lipinski definition) is 1. The third-order valence-electron chi connectivity index (χ3n) is 2.96. The third-order valence-corrected chi connectivity index (χ3v) is 3.12. The van der Waals surface area contributed by atoms with Crippen LogP contribution in [0.1, 0.15) is 39.5 Å². The Morgan fingerprint density at radius 3 is 2.92 bits per heavy atom. The van der Waals surface area contributed by atoms with Crippen LogP contribution in [0.25, 0.3) is 0 Å². The van der Waals surface area contributed by atoms with Gasteiger partial charge in [0, 0.05) is 18.5 Å². The maximum Gasteiger partial charge on any atom is 0.0742 e. The standard InChI is InChI=1S/C10H20N2S/c1-3-9-5-4-6-12(9)8(2)7-10(11)13/h8-9H,3-7H2,1-2H3,(H2,11,13). The van der Waals surface area contributed by atoms with Crippen molar-refractivity contribution in [2.75, 3.05) is 6.54 Å². The molecule has 2 atom stereocenters. The van der Waals surface area contributed by atoms with Gasteiger partial charge in [-0.25, -0.2) is 0 Å². The van der Waals surface area contributed by atoms with Gasteiger partial charge in [0.05, 0.1) is 4.99 Å². The lowest BCUT2D eigenvalue weighted by Gasteiger charge is -2.29. The van der Waals surface area contributed by atoms with E-state index in [9.17, 15) is 0 Å². The number of hydrogen-bond acceptors (Lipinski definition) is 2. The molecule has 2 nitrogen and oxygen atoms in total. The van der Waals surface area contributed by atoms with E-state index in [1.807, 2.05) is 0 Å². The van der Waals surface area contributed by atoms with Crippen LogP contribution in [-0.2, 0) is 0 Å². The van der Waals surface area contributed by atoms with Crippen molar-refractivity contribution < 1.29 is 0 Å². The molecular weight excluding hydrogens is 180 g/mol. The van der Waals surface area contributed by atoms with Crippen molar-refractivity contribution in [1.82, 2.24) is 4.90 Å². The first kappa shape index (κ1) is 10.9. The highest BCUT2D eigenvalue weighted by Gasteiger charge is 2.26. The van der Waals surface area contributed by atoms with Gasteiger partial charge in [-0.2, -0.15) is 0 Å². The van der Waals surface area contributed by atoms with E-state index in [1.165, 1.54) is 25.8 Å². The maximum absolute atomic E-state index is 5.55. The van der Waals surface area contributed by atoms with Crippen molar-refractivity contribution in [3.63, 3.8) is 0 Å². The Morgan fingerprint density at radius 2 is 2.38 bits per heavy atom. The van der Waals surface area contributed by atoms with Gasteiger partial charge < -0.3 is 5.73 Å². The van der Waals surface area contributed by atoms with Crippen LogP contribution < -0.4 is 5.73 Å². The molecule has 1 fully saturated rings. The van der Waals surface area contributed by atoms with E-state index >= 15 is 0 Å². The zero-order valence-electron chi connectivity index (χ0n) is 8.62. The molecule has 1 aliphatic rings. The van der Waals surface area contributed by atoms with Gasteiger partial charge in [-0.1, -0.05) is 19.1 Å². The Morgan fingerprint density at radius 1 is 1.69 bits per heavy atom. The van der Waals surface area contributed by atoms with Crippen molar-refractivity contribution in [3.8, 4) is 0 Å². The summed E-state index contributed by atoms with van der Waals surface area (Å²) in [5.74, 6) is 0. The zero-order valence-corrected chi connectivity index (χ0v) is 9.44. The van der Waals surface area contributed by atoms with Crippen molar-refractivity contribution in [1.29, 1.82) is 0 Å². The van der Waals surface area contributed by atoms with Gasteiger partial charge in [0.2, 0.25) is 0 Å². The molecule has 0 aromatic heterocycles. The average molecular weight is 200 g/mol. The Balaban J connectivity index is 2.44. The summed E-state index contributed by atoms with van der Waals surface area (Å²) in [4.78, 5) is 3.20. The third kappa shape index (κ3) is 2.92. The second-order valence-electron chi connectivity index (χ2n) is 3.96. The highest BCUT2D eigenvalue weighted by Crippen LogP contribution is 2.23. The lowest BCUT2D eigenvalue weighted by Crippen LogP contribution is -2.38. The second kappa shape index (κ2) is 4.91. The Labute approximate surface area is 86.5 Å². The van der Waals surface area contributed by atoms with Crippen molar-refractivity contribution in [2.24, 2.45) is 5.73 Å². The number of thiocarbonyl (C=S) groups is 1. The van der Waals surface area contributed by atoms with Crippen molar-refractivity contribution in [2.45, 2.75) is 51.6 Å². The van der Waals surface area contributed by atoms with Crippen molar-refractivity contribution in [3.05, 3.63) is 0 Å². The fourth-order valence-corrected chi connectivity index (χ4v) is 2.53. The molecule has 1 rings (SSSR count). The predicted molar refractivity (Wildman–Crippen MR) is 60.9 cm³/mol. The zero-order chi connectivity index (χ0) is 9.84. The van der Waals surface area contributed by atoms with Crippen LogP contribution in [-0.4, -0.2) is 28.5 Å². The smallest absolute Gasteiger partial charge is 0.0742 e. The first-order valence-electron chi connectivity index (χ1n) is 5.19. The summed E-state index contributed by atoms with van der Waals surface area (Å²) in [7, 11) is 0. The van der Waals surface area contributed by atoms with E-state index in [4.69, 9.17) is 18.0 Å². The van der Waals surface area contributed by atoms with Crippen LogP contribution in [0, 0.1) is 0 Å². The summed E-state index contributed by atoms with van der Waals surface area (Å²) in [6.07, 6.45) is 4.80. The van der Waals surface area contributed by atoms with Gasteiger partial charge in [0.15, 0.2) is 0 Å². The molecule has 1 aliphatic heterocycles. The summed E-state index contributed by atoms with van der Waals surface area (Å²) < 4.78 is 0. The molecule has 0 aromatic carbocycles. The van der Waals surface area contributed by atoms with E-state index in [0.29, 0.717) is 11.0 Å². The summed E-state index contributed by atoms with van der Waals surface area (Å²) in [6.45, 7) is 5.71. The molecule has 0 saturated carbocycles. The molecule has 2 unspecified atom stereocenters. The fraction of sp³-hybridized carbons (Fsp3) is 0.900. The largest absolute Gasteiger partial charge is 0.393 e. The van der Waals surface area contributed by atoms with Crippen LogP contribution in [0.3, 0.4) is 0 Å². The van der Waals surface area contributed by atoms with Gasteiger partial charge >= 0.3 is 0 Å². The molecule has 3 heteroatoms. The van der Waals surface area contributed by atoms with Gasteiger partial charge in [-0.3, -0.25) is 4.90 Å². The summed E-state index contributed by atoms with van der Waals surface area (Å²) in [5, 5.41) is 0. The van der Waals surface area contributed by atoms with Crippen molar-refractivity contribution >= 4 is 17.2 Å². The molecule has 76 valence electrons. The monoisotopic (exact) mass is 200 g/mol. The average Bonchev–Trinajstić information content (AvgIpc) is 2.49. The van der Waals surface area contributed by atoms with Crippen LogP contribution in [0.2, 0.25) is 0 Å². The molecule has 13 heavy (non-hydrogen) atoms. The SMILES string of the molecule is CCC1CCCN1C(C)CC(N)=S. The van der Waals surface area contributed by atoms with Crippen LogP contribution >= 0.6 is 12.2 Å². The van der Waals surface area contributed by atoms with Gasteiger partial charge in [-0.15, -0.1) is 0 Å². The molecule has 2 N–H and O–H groups in total. The molecule has 0 radical (unpaired) electrons. The van der Waals surface area contributed by atoms with Crippen LogP contribution in [0.5, 0.6) is 0 Å². The molecule has 0 bridgehead atoms. The minimum absolute atomic E-state index is 0.532. The number of nitrogens with zero attached hydrogens (tertiary/aromatic N) is 1. The van der Waals surface area contributed by atoms with Gasteiger partial charge in [0.25, 0.3) is 0 Å². The van der Waals surface area contributed by atoms with Crippen LogP contribution in [0.4, 0.5) is 0 Å². The molecule has 0 amide bonds. The highest BCUT2D eigenvalue weighted by atomic mass is 32.1. The molecular formula is C10H20N2S. The molecule has 0 aliphatic carbocycles. The topological polar surface area (TPSA) is 29.3 Å². The summed E-state index contributed by atoms with van der Waals surface area (Å²) >= 11 is 4.93. The lowest BCUT2D eigenvalue weighted by atomic mass is 10.1. The summed E-state index contributed by atoms with van der Waals surface area (Å²) in [5.41, 5.74) is 5.55. The fourth-order valence-electron chi connectivity index (χ4n) is 2.29. The van der Waals surface area contributed by atoms with E-state index in [0.717, 1.165) is 12.5 Å². The molecule has 1 heterocycles. The molecule has 1 saturated heterocycles. The quantitative estimate of drug-likeness (QED) is 0.703. The number of rotatable bonds is 4. The minimum Gasteiger partial charge on any atom is -0.393 e. The predicted octanol–water partition coefficient (Wildman–Crippen LogP) is 1.93. The highest BCUT2D eigenvalue weighted by molar-refractivity contribution is 7.80. The Bertz CT molecular complexity index is 182. The summed E-state index contributed by atoms with van der Waals surface area (Å²) in [6, 6.07) is 1.30. The van der Waals surface area contributed by atoms with E-state index in [-0.39, 0.29) is 0 Å². The lowest BCUT2D eigenvalue weighted by molar-refractivity contribution is 0.191. The maximum atomic E-state index is 5.55. The van der Waals surface area contributed by atoms with Gasteiger partial charge in [-0.05, 0) is 32.7 Å². The first-order chi connectivity index (χ1) is 6.15. The molecule has 0 spiro atoms. The normalized spacial score (nSPS) is 26.2. The van der Waals surface area contributed by atoms with E-state index in [2.05, 4.69) is 18.7 Å². The second-order valence-corrected chi connectivity index (χ2v) is 4.49. The van der Waals surface area contributed by atoms with E-state index < -0.39 is 0 Å². The first-order valence-corrected chi connectivity index (χ1v) is 5.60. The number of nitrogens with two attached hydrogens (primary N) is 1. The molecule has 0 aromatic rings. The van der Waals surface area contributed by atoms with Crippen LogP contribution in [0.15, 0.2) is 0 Å². The Hall–Kier alpha value is -0.150. The van der Waals surface area contributed by atoms with E-state index in [1.54, 1.807) is 0 Å². The van der Waals surface area contributed by atoms with Gasteiger partial charge in [0.1, 0.15) is 0 Å². The Kier molecular flexibility index (Phi) is 4.13.